The Labute approximate surface area is 138 Å². The molecular weight excluding hydrogens is 329 g/mol. The van der Waals surface area contributed by atoms with Gasteiger partial charge in [0.1, 0.15) is 12.1 Å². The first-order chi connectivity index (χ1) is 10.9. The number of carboxylic acid groups (broad SMARTS) is 1. The number of amides is 2. The average Bonchev–Trinajstić information content (AvgIpc) is 3.24. The van der Waals surface area contributed by atoms with Crippen LogP contribution in [0.4, 0.5) is 13.2 Å². The number of carbonyl (C=O) groups excluding carboxylic acids is 2. The average molecular weight is 352 g/mol. The van der Waals surface area contributed by atoms with Crippen LogP contribution in [0.15, 0.2) is 0 Å². The number of hydrogen-bond donors (Lipinski definition) is 2. The van der Waals surface area contributed by atoms with E-state index in [9.17, 15) is 32.7 Å². The quantitative estimate of drug-likeness (QED) is 0.697. The number of hydrogen-bond acceptors (Lipinski definition) is 3. The molecule has 0 aromatic carbocycles. The van der Waals surface area contributed by atoms with Crippen molar-refractivity contribution < 1.29 is 32.7 Å². The van der Waals surface area contributed by atoms with Crippen LogP contribution in [0.5, 0.6) is 0 Å². The fourth-order valence-corrected chi connectivity index (χ4v) is 2.42. The van der Waals surface area contributed by atoms with E-state index in [2.05, 4.69) is 0 Å². The van der Waals surface area contributed by atoms with Crippen molar-refractivity contribution >= 4 is 17.8 Å². The monoisotopic (exact) mass is 352 g/mol. The lowest BCUT2D eigenvalue weighted by Crippen LogP contribution is -2.54. The number of rotatable bonds is 8. The fourth-order valence-electron chi connectivity index (χ4n) is 2.42. The predicted octanol–water partition coefficient (Wildman–Crippen LogP) is 1.79. The zero-order chi connectivity index (χ0) is 18.7. The van der Waals surface area contributed by atoms with Crippen LogP contribution in [-0.2, 0) is 14.4 Å². The topological polar surface area (TPSA) is 86.7 Å². The van der Waals surface area contributed by atoms with Gasteiger partial charge in [0.2, 0.25) is 5.91 Å². The molecule has 0 aliphatic heterocycles. The lowest BCUT2D eigenvalue weighted by Gasteiger charge is -2.30. The number of carbonyl (C=O) groups is 3. The molecule has 0 radical (unpaired) electrons. The van der Waals surface area contributed by atoms with E-state index >= 15 is 0 Å². The summed E-state index contributed by atoms with van der Waals surface area (Å²) < 4.78 is 37.4. The predicted molar refractivity (Wildman–Crippen MR) is 79.0 cm³/mol. The maximum absolute atomic E-state index is 12.5. The molecule has 1 saturated carbocycles. The van der Waals surface area contributed by atoms with E-state index in [0.717, 1.165) is 17.7 Å². The Morgan fingerprint density at radius 2 is 1.79 bits per heavy atom. The van der Waals surface area contributed by atoms with Gasteiger partial charge in [-0.1, -0.05) is 26.7 Å². The summed E-state index contributed by atoms with van der Waals surface area (Å²) >= 11 is 0. The molecule has 0 aromatic rings. The Hall–Kier alpha value is -1.80. The molecule has 2 N–H and O–H groups in total. The first-order valence-electron chi connectivity index (χ1n) is 7.80. The van der Waals surface area contributed by atoms with Gasteiger partial charge in [-0.25, -0.2) is 4.79 Å². The maximum Gasteiger partial charge on any atom is 0.471 e. The second-order valence-corrected chi connectivity index (χ2v) is 6.64. The minimum absolute atomic E-state index is 0.0204. The smallest absolute Gasteiger partial charge is 0.471 e. The van der Waals surface area contributed by atoms with Gasteiger partial charge >= 0.3 is 18.1 Å². The molecule has 1 rings (SSSR count). The van der Waals surface area contributed by atoms with Gasteiger partial charge < -0.3 is 15.3 Å². The Bertz CT molecular complexity index is 490. The standard InChI is InChI=1S/C15H23F3N2O4/c1-8(2)6-11(13(22)23)20(3)12(21)10(7-9-4-5-9)19-14(24)15(16,17)18/h8-11H,4-7H2,1-3H3,(H,19,24)(H,22,23). The fraction of sp³-hybridized carbons (Fsp3) is 0.800. The zero-order valence-electron chi connectivity index (χ0n) is 13.9. The van der Waals surface area contributed by atoms with E-state index < -0.39 is 36.0 Å². The normalized spacial score (nSPS) is 17.3. The van der Waals surface area contributed by atoms with Crippen molar-refractivity contribution in [1.29, 1.82) is 0 Å². The minimum Gasteiger partial charge on any atom is -0.480 e. The van der Waals surface area contributed by atoms with Crippen molar-refractivity contribution in [2.45, 2.75) is 57.8 Å². The highest BCUT2D eigenvalue weighted by molar-refractivity contribution is 5.91. The Morgan fingerprint density at radius 1 is 1.25 bits per heavy atom. The van der Waals surface area contributed by atoms with Crippen LogP contribution in [0.1, 0.15) is 39.5 Å². The highest BCUT2D eigenvalue weighted by Gasteiger charge is 2.43. The lowest BCUT2D eigenvalue weighted by molar-refractivity contribution is -0.175. The summed E-state index contributed by atoms with van der Waals surface area (Å²) in [5, 5.41) is 11.0. The summed E-state index contributed by atoms with van der Waals surface area (Å²) in [5.74, 6) is -4.17. The molecule has 2 unspecified atom stereocenters. The molecule has 138 valence electrons. The Balaban J connectivity index is 2.88. The molecule has 6 nitrogen and oxygen atoms in total. The highest BCUT2D eigenvalue weighted by atomic mass is 19.4. The van der Waals surface area contributed by atoms with Crippen LogP contribution in [0.25, 0.3) is 0 Å². The van der Waals surface area contributed by atoms with Gasteiger partial charge in [0, 0.05) is 7.05 Å². The number of halogens is 3. The summed E-state index contributed by atoms with van der Waals surface area (Å²) in [6.45, 7) is 3.56. The van der Waals surface area contributed by atoms with Gasteiger partial charge in [-0.15, -0.1) is 0 Å². The summed E-state index contributed by atoms with van der Waals surface area (Å²) in [7, 11) is 1.24. The van der Waals surface area contributed by atoms with Crippen LogP contribution in [0.3, 0.4) is 0 Å². The summed E-state index contributed by atoms with van der Waals surface area (Å²) in [6.07, 6.45) is -3.28. The SMILES string of the molecule is CC(C)CC(C(=O)O)N(C)C(=O)C(CC1CC1)NC(=O)C(F)(F)F. The van der Waals surface area contributed by atoms with E-state index in [1.165, 1.54) is 7.05 Å². The van der Waals surface area contributed by atoms with Gasteiger partial charge in [-0.2, -0.15) is 13.2 Å². The van der Waals surface area contributed by atoms with Crippen molar-refractivity contribution in [2.75, 3.05) is 7.05 Å². The van der Waals surface area contributed by atoms with E-state index in [4.69, 9.17) is 0 Å². The first kappa shape index (κ1) is 20.2. The van der Waals surface area contributed by atoms with Crippen LogP contribution < -0.4 is 5.32 Å². The number of nitrogens with one attached hydrogen (secondary N) is 1. The summed E-state index contributed by atoms with van der Waals surface area (Å²) in [6, 6.07) is -2.52. The highest BCUT2D eigenvalue weighted by Crippen LogP contribution is 2.34. The van der Waals surface area contributed by atoms with Gasteiger partial charge in [-0.3, -0.25) is 9.59 Å². The zero-order valence-corrected chi connectivity index (χ0v) is 13.9. The van der Waals surface area contributed by atoms with Crippen LogP contribution >= 0.6 is 0 Å². The van der Waals surface area contributed by atoms with Crippen LogP contribution in [0, 0.1) is 11.8 Å². The summed E-state index contributed by atoms with van der Waals surface area (Å²) in [5.41, 5.74) is 0. The largest absolute Gasteiger partial charge is 0.480 e. The van der Waals surface area contributed by atoms with Gasteiger partial charge in [0.25, 0.3) is 0 Å². The molecule has 2 amide bonds. The third-order valence-corrected chi connectivity index (χ3v) is 3.92. The second kappa shape index (κ2) is 7.85. The number of likely N-dealkylation sites (N-methyl/N-ethyl adjacent to an activating group) is 1. The molecule has 9 heteroatoms. The molecule has 0 saturated heterocycles. The van der Waals surface area contributed by atoms with Crippen molar-refractivity contribution in [1.82, 2.24) is 10.2 Å². The molecule has 0 aromatic heterocycles. The molecule has 1 aliphatic carbocycles. The molecule has 1 fully saturated rings. The third-order valence-electron chi connectivity index (χ3n) is 3.92. The summed E-state index contributed by atoms with van der Waals surface area (Å²) in [4.78, 5) is 35.9. The third kappa shape index (κ3) is 6.01. The molecule has 24 heavy (non-hydrogen) atoms. The molecule has 0 bridgehead atoms. The Morgan fingerprint density at radius 3 is 2.17 bits per heavy atom. The van der Waals surface area contributed by atoms with E-state index in [1.807, 2.05) is 0 Å². The van der Waals surface area contributed by atoms with Gasteiger partial charge in [0.05, 0.1) is 0 Å². The Kier molecular flexibility index (Phi) is 6.62. The number of aliphatic carboxylic acids is 1. The molecule has 2 atom stereocenters. The van der Waals surface area contributed by atoms with Gasteiger partial charge in [-0.05, 0) is 24.7 Å². The molecule has 1 aliphatic rings. The van der Waals surface area contributed by atoms with E-state index in [0.29, 0.717) is 0 Å². The van der Waals surface area contributed by atoms with Crippen molar-refractivity contribution in [3.8, 4) is 0 Å². The molecule has 0 spiro atoms. The lowest BCUT2D eigenvalue weighted by atomic mass is 10.0. The number of carboxylic acids is 1. The number of alkyl halides is 3. The maximum atomic E-state index is 12.5. The van der Waals surface area contributed by atoms with Crippen molar-refractivity contribution in [3.05, 3.63) is 0 Å². The molecular formula is C15H23F3N2O4. The van der Waals surface area contributed by atoms with Gasteiger partial charge in [0.15, 0.2) is 0 Å². The molecule has 0 heterocycles. The first-order valence-corrected chi connectivity index (χ1v) is 7.80. The van der Waals surface area contributed by atoms with Crippen LogP contribution in [0.2, 0.25) is 0 Å². The number of nitrogens with zero attached hydrogens (tertiary/aromatic N) is 1. The second-order valence-electron chi connectivity index (χ2n) is 6.64. The van der Waals surface area contributed by atoms with Crippen LogP contribution in [-0.4, -0.2) is 53.1 Å². The van der Waals surface area contributed by atoms with Crippen molar-refractivity contribution in [2.24, 2.45) is 11.8 Å². The van der Waals surface area contributed by atoms with E-state index in [-0.39, 0.29) is 24.7 Å². The minimum atomic E-state index is -5.09. The van der Waals surface area contributed by atoms with E-state index in [1.54, 1.807) is 19.2 Å². The van der Waals surface area contributed by atoms with Crippen molar-refractivity contribution in [3.63, 3.8) is 0 Å².